The van der Waals surface area contributed by atoms with E-state index in [0.717, 1.165) is 10.8 Å². The Morgan fingerprint density at radius 3 is 2.50 bits per heavy atom. The largest absolute Gasteiger partial charge is 0.457 e. The fraction of sp³-hybridized carbons (Fsp3) is 0.133. The molecule has 0 unspecified atom stereocenters. The monoisotopic (exact) mass is 268 g/mol. The van der Waals surface area contributed by atoms with Crippen LogP contribution in [-0.2, 0) is 9.53 Å². The third-order valence-corrected chi connectivity index (χ3v) is 2.80. The van der Waals surface area contributed by atoms with Crippen molar-refractivity contribution in [1.82, 2.24) is 0 Å². The molecule has 5 nitrogen and oxygen atoms in total. The van der Waals surface area contributed by atoms with Crippen molar-refractivity contribution in [1.29, 1.82) is 0 Å². The summed E-state index contributed by atoms with van der Waals surface area (Å²) in [6.45, 7) is 1.70. The smallest absolute Gasteiger partial charge is 0.446 e. The molecule has 0 atom stereocenters. The molecule has 20 heavy (non-hydrogen) atoms. The number of hydrogen-bond acceptors (Lipinski definition) is 3. The lowest BCUT2D eigenvalue weighted by atomic mass is 10.0. The van der Waals surface area contributed by atoms with Gasteiger partial charge in [-0.3, -0.25) is 4.79 Å². The van der Waals surface area contributed by atoms with Gasteiger partial charge in [-0.05, 0) is 23.8 Å². The third-order valence-electron chi connectivity index (χ3n) is 2.80. The van der Waals surface area contributed by atoms with Gasteiger partial charge in [-0.2, -0.15) is 4.79 Å². The fourth-order valence-corrected chi connectivity index (χ4v) is 1.85. The van der Waals surface area contributed by atoms with E-state index in [0.29, 0.717) is 0 Å². The first-order valence-electron chi connectivity index (χ1n) is 6.10. The highest BCUT2D eigenvalue weighted by Crippen LogP contribution is 2.16. The van der Waals surface area contributed by atoms with Crippen LogP contribution in [-0.4, -0.2) is 28.9 Å². The maximum Gasteiger partial charge on any atom is 0.446 e. The molecule has 0 saturated carbocycles. The molecule has 0 aliphatic heterocycles. The molecule has 2 aromatic rings. The van der Waals surface area contributed by atoms with E-state index in [4.69, 9.17) is 5.53 Å². The van der Waals surface area contributed by atoms with Crippen LogP contribution in [0.1, 0.15) is 17.3 Å². The second-order valence-electron chi connectivity index (χ2n) is 4.06. The Morgan fingerprint density at radius 2 is 1.85 bits per heavy atom. The number of hydrogen-bond donors (Lipinski definition) is 0. The molecule has 0 aromatic heterocycles. The number of carbonyl (C=O) groups is 2. The molecule has 2 rings (SSSR count). The summed E-state index contributed by atoms with van der Waals surface area (Å²) < 4.78 is 4.67. The fourth-order valence-electron chi connectivity index (χ4n) is 1.85. The number of Topliss-reactive ketones (excluding diaryl/α,β-unsaturated/α-hetero) is 1. The highest BCUT2D eigenvalue weighted by atomic mass is 16.5. The van der Waals surface area contributed by atoms with Gasteiger partial charge in [-0.25, -0.2) is 4.79 Å². The van der Waals surface area contributed by atoms with Crippen molar-refractivity contribution in [3.05, 3.63) is 53.6 Å². The van der Waals surface area contributed by atoms with Crippen LogP contribution in [0.4, 0.5) is 0 Å². The molecule has 0 aliphatic rings. The predicted octanol–water partition coefficient (Wildman–Crippen LogP) is 2.26. The summed E-state index contributed by atoms with van der Waals surface area (Å²) in [6.07, 6.45) is 0. The second-order valence-corrected chi connectivity index (χ2v) is 4.06. The van der Waals surface area contributed by atoms with E-state index in [2.05, 4.69) is 9.53 Å². The molecule has 100 valence electrons. The second kappa shape index (κ2) is 5.91. The molecule has 0 saturated heterocycles. The van der Waals surface area contributed by atoms with E-state index in [1.54, 1.807) is 25.1 Å². The van der Waals surface area contributed by atoms with Gasteiger partial charge in [0, 0.05) is 5.56 Å². The first-order valence-corrected chi connectivity index (χ1v) is 6.10. The number of esters is 1. The molecule has 0 aliphatic carbocycles. The van der Waals surface area contributed by atoms with Crippen LogP contribution in [0.2, 0.25) is 0 Å². The minimum atomic E-state index is -0.937. The summed E-state index contributed by atoms with van der Waals surface area (Å²) in [5, 5.41) is 1.84. The van der Waals surface area contributed by atoms with Crippen LogP contribution < -0.4 is 0 Å². The number of benzene rings is 2. The summed E-state index contributed by atoms with van der Waals surface area (Å²) in [5.41, 5.74) is 8.48. The van der Waals surface area contributed by atoms with Crippen molar-refractivity contribution in [3.63, 3.8) is 0 Å². The summed E-state index contributed by atoms with van der Waals surface area (Å²) in [4.78, 5) is 26.4. The van der Waals surface area contributed by atoms with Crippen molar-refractivity contribution in [2.24, 2.45) is 0 Å². The van der Waals surface area contributed by atoms with Crippen LogP contribution in [0.3, 0.4) is 0 Å². The number of rotatable bonds is 4. The van der Waals surface area contributed by atoms with Crippen molar-refractivity contribution in [2.45, 2.75) is 6.92 Å². The molecule has 0 fully saturated rings. The maximum absolute atomic E-state index is 12.1. The van der Waals surface area contributed by atoms with Gasteiger partial charge in [0.25, 0.3) is 5.78 Å². The van der Waals surface area contributed by atoms with Gasteiger partial charge < -0.3 is 10.3 Å². The van der Waals surface area contributed by atoms with Gasteiger partial charge in [0.1, 0.15) is 0 Å². The minimum Gasteiger partial charge on any atom is -0.457 e. The molecule has 0 spiro atoms. The Bertz CT molecular complexity index is 731. The Labute approximate surface area is 115 Å². The first-order chi connectivity index (χ1) is 9.67. The van der Waals surface area contributed by atoms with Crippen LogP contribution >= 0.6 is 0 Å². The lowest BCUT2D eigenvalue weighted by Gasteiger charge is -2.01. The zero-order valence-electron chi connectivity index (χ0n) is 10.9. The summed E-state index contributed by atoms with van der Waals surface area (Å²) in [6, 6.07) is 12.5. The van der Waals surface area contributed by atoms with Crippen LogP contribution in [0.25, 0.3) is 16.3 Å². The van der Waals surface area contributed by atoms with Crippen LogP contribution in [0, 0.1) is 0 Å². The summed E-state index contributed by atoms with van der Waals surface area (Å²) in [7, 11) is 0. The number of carbonyl (C=O) groups excluding carboxylic acids is 2. The molecular weight excluding hydrogens is 256 g/mol. The predicted molar refractivity (Wildman–Crippen MR) is 73.5 cm³/mol. The summed E-state index contributed by atoms with van der Waals surface area (Å²) >= 11 is 0. The molecule has 0 bridgehead atoms. The highest BCUT2D eigenvalue weighted by Gasteiger charge is 2.32. The summed E-state index contributed by atoms with van der Waals surface area (Å²) in [5.74, 6) is -1.61. The lowest BCUT2D eigenvalue weighted by molar-refractivity contribution is -0.139. The number of ketones is 1. The number of fused-ring (bicyclic) bond motifs is 1. The van der Waals surface area contributed by atoms with Gasteiger partial charge in [0.2, 0.25) is 0 Å². The van der Waals surface area contributed by atoms with E-state index in [-0.39, 0.29) is 12.2 Å². The van der Waals surface area contributed by atoms with Crippen molar-refractivity contribution in [2.75, 3.05) is 6.61 Å². The van der Waals surface area contributed by atoms with Crippen LogP contribution in [0.5, 0.6) is 0 Å². The lowest BCUT2D eigenvalue weighted by Crippen LogP contribution is -2.27. The van der Waals surface area contributed by atoms with Gasteiger partial charge in [-0.15, -0.1) is 0 Å². The molecule has 5 heteroatoms. The first kappa shape index (κ1) is 13.6. The maximum atomic E-state index is 12.1. The zero-order valence-corrected chi connectivity index (χ0v) is 10.9. The average molecular weight is 268 g/mol. The van der Waals surface area contributed by atoms with E-state index >= 15 is 0 Å². The Hall–Kier alpha value is -2.78. The van der Waals surface area contributed by atoms with Crippen molar-refractivity contribution in [3.8, 4) is 0 Å². The molecule has 0 radical (unpaired) electrons. The molecule has 0 amide bonds. The standard InChI is InChI=1S/C15H12N2O3/c1-2-20-15(19)13(17-16)14(18)12-8-7-10-5-3-4-6-11(10)9-12/h3-9H,2H2,1H3. The molecular formula is C15H12N2O3. The van der Waals surface area contributed by atoms with Gasteiger partial charge in [0.05, 0.1) is 6.61 Å². The van der Waals surface area contributed by atoms with Gasteiger partial charge in [0.15, 0.2) is 0 Å². The van der Waals surface area contributed by atoms with Gasteiger partial charge >= 0.3 is 11.7 Å². The molecule has 2 aromatic carbocycles. The normalized spacial score (nSPS) is 9.85. The molecule has 0 heterocycles. The topological polar surface area (TPSA) is 79.8 Å². The van der Waals surface area contributed by atoms with Crippen LogP contribution in [0.15, 0.2) is 42.5 Å². The quantitative estimate of drug-likeness (QED) is 0.213. The Kier molecular flexibility index (Phi) is 4.03. The molecule has 0 N–H and O–H groups in total. The average Bonchev–Trinajstić information content (AvgIpc) is 2.47. The van der Waals surface area contributed by atoms with Crippen molar-refractivity contribution < 1.29 is 19.1 Å². The number of nitrogens with zero attached hydrogens (tertiary/aromatic N) is 2. The van der Waals surface area contributed by atoms with Gasteiger partial charge in [-0.1, -0.05) is 36.4 Å². The van der Waals surface area contributed by atoms with E-state index < -0.39 is 17.5 Å². The highest BCUT2D eigenvalue weighted by molar-refractivity contribution is 6.65. The number of ether oxygens (including phenoxy) is 1. The van der Waals surface area contributed by atoms with E-state index in [9.17, 15) is 9.59 Å². The Balaban J connectivity index is 2.40. The van der Waals surface area contributed by atoms with E-state index in [1.165, 1.54) is 0 Å². The van der Waals surface area contributed by atoms with Crippen molar-refractivity contribution >= 4 is 28.2 Å². The SMILES string of the molecule is CCOC(=O)C(=[N+]=[N-])C(=O)c1ccc2ccccc2c1. The zero-order chi connectivity index (χ0) is 14.5. The van der Waals surface area contributed by atoms with E-state index in [1.807, 2.05) is 24.3 Å². The Morgan fingerprint density at radius 1 is 1.15 bits per heavy atom. The third kappa shape index (κ3) is 2.63. The minimum absolute atomic E-state index is 0.100.